The Morgan fingerprint density at radius 3 is 1.14 bits per heavy atom. The highest BCUT2D eigenvalue weighted by Gasteiger charge is 2.19. The predicted octanol–water partition coefficient (Wildman–Crippen LogP) is 13.4. The van der Waals surface area contributed by atoms with Crippen molar-refractivity contribution in [1.82, 2.24) is 0 Å². The molecule has 0 aliphatic rings. The summed E-state index contributed by atoms with van der Waals surface area (Å²) in [6.07, 6.45) is 33.7. The maximum absolute atomic E-state index is 12.7. The highest BCUT2D eigenvalue weighted by molar-refractivity contribution is 5.71. The SMILES string of the molecule is CCCCCCCCCCCC(=O)OC[C@@H](COC(=O)CCCCCCCCCCC(C)CC)OC(=O)CCCCCCCCCCC(C)C. The van der Waals surface area contributed by atoms with Gasteiger partial charge in [-0.3, -0.25) is 14.4 Å². The van der Waals surface area contributed by atoms with Gasteiger partial charge < -0.3 is 14.2 Å². The Morgan fingerprint density at radius 1 is 0.420 bits per heavy atom. The molecule has 0 radical (unpaired) electrons. The molecule has 0 spiro atoms. The molecule has 0 rings (SSSR count). The number of hydrogen-bond acceptors (Lipinski definition) is 6. The van der Waals surface area contributed by atoms with Crippen LogP contribution in [0.4, 0.5) is 0 Å². The summed E-state index contributed by atoms with van der Waals surface area (Å²) in [6.45, 7) is 11.3. The third-order valence-corrected chi connectivity index (χ3v) is 10.1. The lowest BCUT2D eigenvalue weighted by Crippen LogP contribution is -2.30. The van der Waals surface area contributed by atoms with E-state index in [0.717, 1.165) is 69.6 Å². The number of esters is 3. The summed E-state index contributed by atoms with van der Waals surface area (Å²) < 4.78 is 16.7. The lowest BCUT2D eigenvalue weighted by atomic mass is 9.99. The summed E-state index contributed by atoms with van der Waals surface area (Å²) in [4.78, 5) is 37.6. The largest absolute Gasteiger partial charge is 0.462 e. The van der Waals surface area contributed by atoms with Crippen LogP contribution < -0.4 is 0 Å². The lowest BCUT2D eigenvalue weighted by molar-refractivity contribution is -0.167. The van der Waals surface area contributed by atoms with Gasteiger partial charge in [0.15, 0.2) is 6.10 Å². The molecule has 1 unspecified atom stereocenters. The monoisotopic (exact) mass is 709 g/mol. The maximum atomic E-state index is 12.7. The Hall–Kier alpha value is -1.59. The van der Waals surface area contributed by atoms with Gasteiger partial charge in [-0.2, -0.15) is 0 Å². The number of carbonyl (C=O) groups is 3. The second-order valence-electron chi connectivity index (χ2n) is 15.7. The second-order valence-corrected chi connectivity index (χ2v) is 15.7. The van der Waals surface area contributed by atoms with Gasteiger partial charge in [-0.15, -0.1) is 0 Å². The highest BCUT2D eigenvalue weighted by atomic mass is 16.6. The van der Waals surface area contributed by atoms with Gasteiger partial charge in [0.05, 0.1) is 0 Å². The van der Waals surface area contributed by atoms with E-state index >= 15 is 0 Å². The minimum Gasteiger partial charge on any atom is -0.462 e. The van der Waals surface area contributed by atoms with Crippen molar-refractivity contribution in [2.24, 2.45) is 11.8 Å². The number of ether oxygens (including phenoxy) is 3. The molecule has 2 atom stereocenters. The Kier molecular flexibility index (Phi) is 36.0. The van der Waals surface area contributed by atoms with E-state index in [1.165, 1.54) is 122 Å². The first-order valence-corrected chi connectivity index (χ1v) is 21.8. The van der Waals surface area contributed by atoms with Crippen LogP contribution in [0.5, 0.6) is 0 Å². The van der Waals surface area contributed by atoms with Crippen LogP contribution in [-0.4, -0.2) is 37.2 Å². The Morgan fingerprint density at radius 2 is 0.760 bits per heavy atom. The van der Waals surface area contributed by atoms with Crippen LogP contribution in [0.15, 0.2) is 0 Å². The van der Waals surface area contributed by atoms with E-state index in [1.54, 1.807) is 0 Å². The molecule has 0 saturated heterocycles. The van der Waals surface area contributed by atoms with Gasteiger partial charge in [0.25, 0.3) is 0 Å². The molecule has 0 amide bonds. The van der Waals surface area contributed by atoms with Crippen molar-refractivity contribution in [3.05, 3.63) is 0 Å². The summed E-state index contributed by atoms with van der Waals surface area (Å²) >= 11 is 0. The molecule has 0 bridgehead atoms. The van der Waals surface area contributed by atoms with Crippen LogP contribution in [0.25, 0.3) is 0 Å². The third-order valence-electron chi connectivity index (χ3n) is 10.1. The van der Waals surface area contributed by atoms with E-state index in [-0.39, 0.29) is 31.1 Å². The van der Waals surface area contributed by atoms with E-state index in [1.807, 2.05) is 0 Å². The van der Waals surface area contributed by atoms with Crippen molar-refractivity contribution >= 4 is 17.9 Å². The Balaban J connectivity index is 4.35. The number of rotatable bonds is 38. The van der Waals surface area contributed by atoms with E-state index in [4.69, 9.17) is 14.2 Å². The molecule has 50 heavy (non-hydrogen) atoms. The van der Waals surface area contributed by atoms with Crippen LogP contribution in [0.3, 0.4) is 0 Å². The van der Waals surface area contributed by atoms with Gasteiger partial charge in [0.2, 0.25) is 0 Å². The van der Waals surface area contributed by atoms with E-state index < -0.39 is 6.10 Å². The number of carbonyl (C=O) groups excluding carboxylic acids is 3. The van der Waals surface area contributed by atoms with Gasteiger partial charge in [-0.25, -0.2) is 0 Å². The molecule has 0 fully saturated rings. The number of unbranched alkanes of at least 4 members (excludes halogenated alkanes) is 22. The molecular weight excluding hydrogens is 624 g/mol. The average molecular weight is 709 g/mol. The molecule has 0 heterocycles. The second kappa shape index (κ2) is 37.2. The highest BCUT2D eigenvalue weighted by Crippen LogP contribution is 2.17. The molecule has 0 aromatic rings. The zero-order valence-corrected chi connectivity index (χ0v) is 34.0. The van der Waals surface area contributed by atoms with Gasteiger partial charge in [-0.05, 0) is 31.1 Å². The molecule has 6 nitrogen and oxygen atoms in total. The van der Waals surface area contributed by atoms with Gasteiger partial charge in [-0.1, -0.05) is 195 Å². The summed E-state index contributed by atoms with van der Waals surface area (Å²) in [5.41, 5.74) is 0. The topological polar surface area (TPSA) is 78.9 Å². The van der Waals surface area contributed by atoms with Crippen LogP contribution in [0, 0.1) is 11.8 Å². The summed E-state index contributed by atoms with van der Waals surface area (Å²) in [5.74, 6) is 0.776. The summed E-state index contributed by atoms with van der Waals surface area (Å²) in [5, 5.41) is 0. The molecule has 0 saturated carbocycles. The zero-order chi connectivity index (χ0) is 36.9. The summed E-state index contributed by atoms with van der Waals surface area (Å²) in [7, 11) is 0. The first-order chi connectivity index (χ1) is 24.3. The molecule has 0 N–H and O–H groups in total. The van der Waals surface area contributed by atoms with Crippen molar-refractivity contribution in [2.75, 3.05) is 13.2 Å². The number of hydrogen-bond donors (Lipinski definition) is 0. The zero-order valence-electron chi connectivity index (χ0n) is 34.0. The Labute approximate surface area is 310 Å². The van der Waals surface area contributed by atoms with Crippen molar-refractivity contribution < 1.29 is 28.6 Å². The van der Waals surface area contributed by atoms with Crippen molar-refractivity contribution in [2.45, 2.75) is 240 Å². The maximum Gasteiger partial charge on any atom is 0.306 e. The normalized spacial score (nSPS) is 12.6. The molecule has 0 aromatic heterocycles. The first kappa shape index (κ1) is 48.4. The minimum atomic E-state index is -0.760. The van der Waals surface area contributed by atoms with Gasteiger partial charge >= 0.3 is 17.9 Å². The first-order valence-electron chi connectivity index (χ1n) is 21.8. The molecule has 296 valence electrons. The van der Waals surface area contributed by atoms with Crippen LogP contribution in [0.2, 0.25) is 0 Å². The molecule has 0 aliphatic carbocycles. The van der Waals surface area contributed by atoms with Crippen molar-refractivity contribution in [1.29, 1.82) is 0 Å². The van der Waals surface area contributed by atoms with Crippen LogP contribution >= 0.6 is 0 Å². The smallest absolute Gasteiger partial charge is 0.306 e. The summed E-state index contributed by atoms with van der Waals surface area (Å²) in [6, 6.07) is 0. The van der Waals surface area contributed by atoms with Gasteiger partial charge in [0.1, 0.15) is 13.2 Å². The minimum absolute atomic E-state index is 0.0660. The van der Waals surface area contributed by atoms with Crippen molar-refractivity contribution in [3.63, 3.8) is 0 Å². The van der Waals surface area contributed by atoms with Gasteiger partial charge in [0, 0.05) is 19.3 Å². The Bertz CT molecular complexity index is 766. The van der Waals surface area contributed by atoms with E-state index in [9.17, 15) is 14.4 Å². The quantitative estimate of drug-likeness (QED) is 0.0361. The molecular formula is C44H84O6. The molecule has 0 aromatic carbocycles. The molecule has 6 heteroatoms. The fourth-order valence-corrected chi connectivity index (χ4v) is 6.37. The standard InChI is InChI=1S/C44H84O6/c1-6-8-9-10-11-12-19-24-29-34-42(45)48-37-41(50-44(47)36-31-26-21-15-13-17-22-27-32-39(3)4)38-49-43(46)35-30-25-20-16-14-18-23-28-33-40(5)7-2/h39-41H,6-38H2,1-5H3/t40?,41-/m0/s1. The van der Waals surface area contributed by atoms with E-state index in [0.29, 0.717) is 19.3 Å². The molecule has 0 aliphatic heterocycles. The van der Waals surface area contributed by atoms with Crippen LogP contribution in [-0.2, 0) is 28.6 Å². The average Bonchev–Trinajstić information content (AvgIpc) is 3.09. The van der Waals surface area contributed by atoms with Crippen LogP contribution in [0.1, 0.15) is 234 Å². The third kappa shape index (κ3) is 36.2. The lowest BCUT2D eigenvalue weighted by Gasteiger charge is -2.18. The fourth-order valence-electron chi connectivity index (χ4n) is 6.37. The fraction of sp³-hybridized carbons (Fsp3) is 0.932. The van der Waals surface area contributed by atoms with Crippen molar-refractivity contribution in [3.8, 4) is 0 Å². The predicted molar refractivity (Wildman–Crippen MR) is 210 cm³/mol. The van der Waals surface area contributed by atoms with E-state index in [2.05, 4.69) is 34.6 Å².